The molecular weight excluding hydrogens is 391 g/mol. The molecule has 0 unspecified atom stereocenters. The summed E-state index contributed by atoms with van der Waals surface area (Å²) in [5, 5.41) is 2.54. The molecule has 3 nitrogen and oxygen atoms in total. The van der Waals surface area contributed by atoms with E-state index in [9.17, 15) is 9.18 Å². The fourth-order valence-electron chi connectivity index (χ4n) is 1.72. The molecule has 0 aromatic heterocycles. The van der Waals surface area contributed by atoms with Gasteiger partial charge < -0.3 is 11.1 Å². The second-order valence-electron chi connectivity index (χ2n) is 4.25. The highest BCUT2D eigenvalue weighted by Crippen LogP contribution is 2.25. The van der Waals surface area contributed by atoms with Gasteiger partial charge in [-0.3, -0.25) is 4.79 Å². The number of carbonyl (C=O) groups is 1. The van der Waals surface area contributed by atoms with Crippen molar-refractivity contribution in [3.63, 3.8) is 0 Å². The highest BCUT2D eigenvalue weighted by Gasteiger charge is 2.14. The first-order valence-electron chi connectivity index (χ1n) is 5.70. The lowest BCUT2D eigenvalue weighted by molar-refractivity contribution is 0.102. The molecule has 3 N–H and O–H groups in total. The molecule has 2 rings (SSSR count). The zero-order valence-corrected chi connectivity index (χ0v) is 13.7. The van der Waals surface area contributed by atoms with E-state index >= 15 is 0 Å². The van der Waals surface area contributed by atoms with Crippen molar-refractivity contribution in [1.29, 1.82) is 0 Å². The normalized spacial score (nSPS) is 10.4. The van der Waals surface area contributed by atoms with Crippen LogP contribution in [0.15, 0.2) is 39.3 Å². The molecule has 0 aliphatic rings. The van der Waals surface area contributed by atoms with Crippen LogP contribution < -0.4 is 11.1 Å². The van der Waals surface area contributed by atoms with E-state index in [1.54, 1.807) is 25.1 Å². The van der Waals surface area contributed by atoms with E-state index in [-0.39, 0.29) is 5.69 Å². The lowest BCUT2D eigenvalue weighted by atomic mass is 10.1. The van der Waals surface area contributed by atoms with Crippen molar-refractivity contribution in [3.8, 4) is 0 Å². The minimum Gasteiger partial charge on any atom is -0.398 e. The first-order valence-corrected chi connectivity index (χ1v) is 7.29. The number of anilines is 2. The summed E-state index contributed by atoms with van der Waals surface area (Å²) in [6, 6.07) is 7.71. The Morgan fingerprint density at radius 2 is 1.90 bits per heavy atom. The molecule has 0 radical (unpaired) electrons. The third-order valence-corrected chi connectivity index (χ3v) is 3.78. The number of nitrogens with two attached hydrogens (primary N) is 1. The Balaban J connectivity index is 2.35. The van der Waals surface area contributed by atoms with Crippen molar-refractivity contribution >= 4 is 49.1 Å². The molecule has 1 amide bonds. The number of halogens is 3. The molecule has 20 heavy (non-hydrogen) atoms. The fourth-order valence-corrected chi connectivity index (χ4v) is 2.56. The van der Waals surface area contributed by atoms with Crippen LogP contribution in [0.2, 0.25) is 0 Å². The molecule has 0 bridgehead atoms. The average Bonchev–Trinajstić information content (AvgIpc) is 2.38. The highest BCUT2D eigenvalue weighted by molar-refractivity contribution is 9.10. The largest absolute Gasteiger partial charge is 0.398 e. The van der Waals surface area contributed by atoms with Crippen LogP contribution in [0, 0.1) is 12.7 Å². The molecule has 0 aliphatic heterocycles. The van der Waals surface area contributed by atoms with Crippen LogP contribution in [-0.2, 0) is 0 Å². The van der Waals surface area contributed by atoms with Crippen molar-refractivity contribution in [2.75, 3.05) is 11.1 Å². The molecule has 0 heterocycles. The smallest absolute Gasteiger partial charge is 0.256 e. The van der Waals surface area contributed by atoms with Gasteiger partial charge in [0.1, 0.15) is 5.82 Å². The number of rotatable bonds is 2. The van der Waals surface area contributed by atoms with Gasteiger partial charge >= 0.3 is 0 Å². The van der Waals surface area contributed by atoms with Crippen LogP contribution in [-0.4, -0.2) is 5.91 Å². The number of nitrogens with one attached hydrogen (secondary N) is 1. The first-order chi connectivity index (χ1) is 9.38. The fraction of sp³-hybridized carbons (Fsp3) is 0.0714. The molecule has 0 saturated carbocycles. The predicted octanol–water partition coefficient (Wildman–Crippen LogP) is 4.49. The first kappa shape index (κ1) is 15.0. The Bertz CT molecular complexity index is 689. The van der Waals surface area contributed by atoms with Gasteiger partial charge in [-0.25, -0.2) is 4.39 Å². The number of carbonyl (C=O) groups excluding carboxylic acids is 1. The predicted molar refractivity (Wildman–Crippen MR) is 85.3 cm³/mol. The number of hydrogen-bond donors (Lipinski definition) is 2. The lowest BCUT2D eigenvalue weighted by Gasteiger charge is -2.11. The third kappa shape index (κ3) is 3.19. The molecule has 2 aromatic rings. The van der Waals surface area contributed by atoms with Crippen LogP contribution >= 0.6 is 31.9 Å². The maximum absolute atomic E-state index is 13.6. The van der Waals surface area contributed by atoms with Crippen molar-refractivity contribution < 1.29 is 9.18 Å². The zero-order chi connectivity index (χ0) is 14.9. The third-order valence-electron chi connectivity index (χ3n) is 2.83. The summed E-state index contributed by atoms with van der Waals surface area (Å²) < 4.78 is 15.0. The zero-order valence-electron chi connectivity index (χ0n) is 10.5. The summed E-state index contributed by atoms with van der Waals surface area (Å²) in [4.78, 5) is 12.2. The summed E-state index contributed by atoms with van der Waals surface area (Å²) >= 11 is 6.52. The Labute approximate surface area is 132 Å². The minimum absolute atomic E-state index is 0.113. The number of hydrogen-bond acceptors (Lipinski definition) is 2. The second kappa shape index (κ2) is 5.93. The molecule has 2 aromatic carbocycles. The van der Waals surface area contributed by atoms with Gasteiger partial charge in [-0.1, -0.05) is 31.9 Å². The highest BCUT2D eigenvalue weighted by atomic mass is 79.9. The van der Waals surface area contributed by atoms with E-state index in [0.29, 0.717) is 25.8 Å². The Kier molecular flexibility index (Phi) is 4.45. The van der Waals surface area contributed by atoms with Gasteiger partial charge in [-0.2, -0.15) is 0 Å². The van der Waals surface area contributed by atoms with Crippen LogP contribution in [0.25, 0.3) is 0 Å². The van der Waals surface area contributed by atoms with Crippen LogP contribution in [0.3, 0.4) is 0 Å². The maximum atomic E-state index is 13.6. The number of nitrogen functional groups attached to an aromatic ring is 1. The summed E-state index contributed by atoms with van der Waals surface area (Å²) in [7, 11) is 0. The molecule has 0 saturated heterocycles. The van der Waals surface area contributed by atoms with Crippen LogP contribution in [0.4, 0.5) is 15.8 Å². The van der Waals surface area contributed by atoms with Gasteiger partial charge in [0, 0.05) is 20.2 Å². The monoisotopic (exact) mass is 400 g/mol. The van der Waals surface area contributed by atoms with E-state index in [0.717, 1.165) is 0 Å². The van der Waals surface area contributed by atoms with Crippen molar-refractivity contribution in [2.45, 2.75) is 6.92 Å². The van der Waals surface area contributed by atoms with Gasteiger partial charge in [0.25, 0.3) is 5.91 Å². The molecule has 6 heteroatoms. The standard InChI is InChI=1S/C14H11Br2FN2O/c1-7-10(4-9(16)5-12(7)18)14(20)19-13-6-8(15)2-3-11(13)17/h2-6H,18H2,1H3,(H,19,20). The van der Waals surface area contributed by atoms with Gasteiger partial charge in [-0.05, 0) is 42.8 Å². The number of amides is 1. The summed E-state index contributed by atoms with van der Waals surface area (Å²) in [5.41, 5.74) is 7.48. The Morgan fingerprint density at radius 3 is 2.60 bits per heavy atom. The molecular formula is C14H11Br2FN2O. The molecule has 0 atom stereocenters. The quantitative estimate of drug-likeness (QED) is 0.728. The summed E-state index contributed by atoms with van der Waals surface area (Å²) in [6.45, 7) is 1.74. The van der Waals surface area contributed by atoms with Crippen molar-refractivity contribution in [1.82, 2.24) is 0 Å². The Hall–Kier alpha value is -1.40. The van der Waals surface area contributed by atoms with Gasteiger partial charge in [0.2, 0.25) is 0 Å². The van der Waals surface area contributed by atoms with Gasteiger partial charge in [0.05, 0.1) is 5.69 Å². The second-order valence-corrected chi connectivity index (χ2v) is 6.08. The molecule has 0 fully saturated rings. The van der Waals surface area contributed by atoms with E-state index < -0.39 is 11.7 Å². The number of benzene rings is 2. The minimum atomic E-state index is -0.498. The summed E-state index contributed by atoms with van der Waals surface area (Å²) in [5.74, 6) is -0.908. The van der Waals surface area contributed by atoms with Gasteiger partial charge in [-0.15, -0.1) is 0 Å². The van der Waals surface area contributed by atoms with Crippen molar-refractivity contribution in [3.05, 3.63) is 56.2 Å². The van der Waals surface area contributed by atoms with E-state index in [4.69, 9.17) is 5.73 Å². The van der Waals surface area contributed by atoms with Gasteiger partial charge in [0.15, 0.2) is 0 Å². The van der Waals surface area contributed by atoms with Crippen molar-refractivity contribution in [2.24, 2.45) is 0 Å². The SMILES string of the molecule is Cc1c(N)cc(Br)cc1C(=O)Nc1cc(Br)ccc1F. The topological polar surface area (TPSA) is 55.1 Å². The van der Waals surface area contributed by atoms with E-state index in [2.05, 4.69) is 37.2 Å². The molecule has 0 aliphatic carbocycles. The molecule has 0 spiro atoms. The maximum Gasteiger partial charge on any atom is 0.256 e. The Morgan fingerprint density at radius 1 is 1.20 bits per heavy atom. The van der Waals surface area contributed by atoms with Crippen LogP contribution in [0.1, 0.15) is 15.9 Å². The van der Waals surface area contributed by atoms with E-state index in [1.807, 2.05) is 0 Å². The summed E-state index contributed by atoms with van der Waals surface area (Å²) in [6.07, 6.45) is 0. The van der Waals surface area contributed by atoms with E-state index in [1.165, 1.54) is 12.1 Å². The lowest BCUT2D eigenvalue weighted by Crippen LogP contribution is -2.15. The average molecular weight is 402 g/mol. The van der Waals surface area contributed by atoms with Crippen LogP contribution in [0.5, 0.6) is 0 Å². The molecule has 104 valence electrons.